The topological polar surface area (TPSA) is 82.0 Å². The zero-order valence-electron chi connectivity index (χ0n) is 18.4. The van der Waals surface area contributed by atoms with Gasteiger partial charge in [-0.15, -0.1) is 24.0 Å². The van der Waals surface area contributed by atoms with Crippen LogP contribution in [-0.4, -0.2) is 49.3 Å². The molecule has 0 fully saturated rings. The Morgan fingerprint density at radius 2 is 1.83 bits per heavy atom. The van der Waals surface area contributed by atoms with E-state index in [2.05, 4.69) is 20.6 Å². The molecular formula is C22H34IN5O2. The van der Waals surface area contributed by atoms with Crippen molar-refractivity contribution in [2.24, 2.45) is 4.99 Å². The van der Waals surface area contributed by atoms with E-state index in [9.17, 15) is 5.11 Å². The Labute approximate surface area is 197 Å². The van der Waals surface area contributed by atoms with Gasteiger partial charge in [-0.2, -0.15) is 0 Å². The molecule has 3 N–H and O–H groups in total. The van der Waals surface area contributed by atoms with E-state index in [0.717, 1.165) is 29.4 Å². The molecule has 0 radical (unpaired) electrons. The molecule has 0 spiro atoms. The lowest BCUT2D eigenvalue weighted by Gasteiger charge is -2.16. The normalized spacial score (nSPS) is 12.2. The molecule has 1 aromatic heterocycles. The number of hydrogen-bond donors (Lipinski definition) is 3. The quantitative estimate of drug-likeness (QED) is 0.264. The number of anilines is 1. The second-order valence-corrected chi connectivity index (χ2v) is 7.21. The van der Waals surface area contributed by atoms with Gasteiger partial charge >= 0.3 is 0 Å². The maximum atomic E-state index is 10.5. The van der Waals surface area contributed by atoms with Crippen molar-refractivity contribution in [3.05, 3.63) is 53.7 Å². The number of rotatable bonds is 9. The molecule has 0 saturated carbocycles. The third-order valence-corrected chi connectivity index (χ3v) is 4.09. The van der Waals surface area contributed by atoms with Crippen LogP contribution in [0.5, 0.6) is 5.75 Å². The molecule has 30 heavy (non-hydrogen) atoms. The molecule has 1 atom stereocenters. The fourth-order valence-corrected chi connectivity index (χ4v) is 2.66. The monoisotopic (exact) mass is 527 g/mol. The van der Waals surface area contributed by atoms with Crippen molar-refractivity contribution in [3.8, 4) is 5.75 Å². The Bertz CT molecular complexity index is 781. The Morgan fingerprint density at radius 1 is 1.13 bits per heavy atom. The van der Waals surface area contributed by atoms with E-state index in [0.29, 0.717) is 19.0 Å². The van der Waals surface area contributed by atoms with Crippen LogP contribution < -0.4 is 20.3 Å². The molecule has 7 nitrogen and oxygen atoms in total. The molecule has 2 aromatic rings. The molecular weight excluding hydrogens is 493 g/mol. The largest absolute Gasteiger partial charge is 0.491 e. The van der Waals surface area contributed by atoms with Crippen LogP contribution in [0.1, 0.15) is 38.1 Å². The Hall–Kier alpha value is -2.07. The summed E-state index contributed by atoms with van der Waals surface area (Å²) in [5.41, 5.74) is 1.71. The minimum absolute atomic E-state index is 0. The predicted molar refractivity (Wildman–Crippen MR) is 134 cm³/mol. The third kappa shape index (κ3) is 8.74. The number of aliphatic imine (C=N–C) groups is 1. The molecule has 1 heterocycles. The van der Waals surface area contributed by atoms with E-state index < -0.39 is 6.10 Å². The number of pyridine rings is 1. The summed E-state index contributed by atoms with van der Waals surface area (Å²) in [6.07, 6.45) is -0.526. The lowest BCUT2D eigenvalue weighted by molar-refractivity contribution is 0.180. The number of aliphatic hydroxyl groups excluding tert-OH is 1. The third-order valence-electron chi connectivity index (χ3n) is 4.09. The molecule has 0 aliphatic heterocycles. The van der Waals surface area contributed by atoms with E-state index in [-0.39, 0.29) is 30.1 Å². The van der Waals surface area contributed by atoms with E-state index in [1.54, 1.807) is 0 Å². The van der Waals surface area contributed by atoms with Crippen molar-refractivity contribution in [1.82, 2.24) is 15.6 Å². The molecule has 0 aliphatic carbocycles. The number of hydrogen-bond acceptors (Lipinski definition) is 5. The van der Waals surface area contributed by atoms with Crippen molar-refractivity contribution in [2.45, 2.75) is 39.5 Å². The summed E-state index contributed by atoms with van der Waals surface area (Å²) in [5.74, 6) is 2.34. The van der Waals surface area contributed by atoms with Gasteiger partial charge in [0.2, 0.25) is 0 Å². The fraction of sp³-hybridized carbons (Fsp3) is 0.455. The van der Waals surface area contributed by atoms with E-state index in [4.69, 9.17) is 4.74 Å². The summed E-state index contributed by atoms with van der Waals surface area (Å²) in [5, 5.41) is 16.9. The lowest BCUT2D eigenvalue weighted by atomic mass is 10.1. The Kier molecular flexibility index (Phi) is 11.5. The van der Waals surface area contributed by atoms with Crippen LogP contribution in [0.3, 0.4) is 0 Å². The van der Waals surface area contributed by atoms with Crippen molar-refractivity contribution in [2.75, 3.05) is 32.1 Å². The minimum Gasteiger partial charge on any atom is -0.491 e. The highest BCUT2D eigenvalue weighted by atomic mass is 127. The van der Waals surface area contributed by atoms with Gasteiger partial charge in [0, 0.05) is 27.2 Å². The number of nitrogens with zero attached hydrogens (tertiary/aromatic N) is 3. The number of halogens is 1. The van der Waals surface area contributed by atoms with Crippen molar-refractivity contribution in [1.29, 1.82) is 0 Å². The lowest BCUT2D eigenvalue weighted by Crippen LogP contribution is -2.39. The smallest absolute Gasteiger partial charge is 0.191 e. The second-order valence-electron chi connectivity index (χ2n) is 7.21. The van der Waals surface area contributed by atoms with Crippen LogP contribution in [0.15, 0.2) is 47.5 Å². The first kappa shape index (κ1) is 26.0. The standard InChI is InChI=1S/C22H33N5O2.HI/c1-6-23-22(24-14-18-8-7-9-21(26-18)27(4)5)25-15-20(28)17-10-12-19(13-11-17)29-16(2)3;/h7-13,16,20,28H,6,14-15H2,1-5H3,(H2,23,24,25);1H. The van der Waals surface area contributed by atoms with Gasteiger partial charge in [-0.25, -0.2) is 9.98 Å². The van der Waals surface area contributed by atoms with Gasteiger partial charge < -0.3 is 25.4 Å². The van der Waals surface area contributed by atoms with Crippen LogP contribution in [-0.2, 0) is 6.54 Å². The van der Waals surface area contributed by atoms with Gasteiger partial charge in [-0.1, -0.05) is 18.2 Å². The summed E-state index contributed by atoms with van der Waals surface area (Å²) in [6, 6.07) is 13.4. The predicted octanol–water partition coefficient (Wildman–Crippen LogP) is 3.34. The van der Waals surface area contributed by atoms with Gasteiger partial charge in [0.25, 0.3) is 0 Å². The Balaban J connectivity index is 0.00000450. The fourth-order valence-electron chi connectivity index (χ4n) is 2.66. The summed E-state index contributed by atoms with van der Waals surface area (Å²) >= 11 is 0. The SMILES string of the molecule is CCNC(=NCc1cccc(N(C)C)n1)NCC(O)c1ccc(OC(C)C)cc1.I. The average molecular weight is 527 g/mol. The molecule has 2 rings (SSSR count). The molecule has 0 amide bonds. The van der Waals surface area contributed by atoms with E-state index in [1.807, 2.05) is 82.2 Å². The summed E-state index contributed by atoms with van der Waals surface area (Å²) in [4.78, 5) is 11.1. The molecule has 1 aromatic carbocycles. The van der Waals surface area contributed by atoms with Crippen LogP contribution >= 0.6 is 24.0 Å². The molecule has 1 unspecified atom stereocenters. The van der Waals surface area contributed by atoms with Crippen molar-refractivity contribution >= 4 is 35.8 Å². The highest BCUT2D eigenvalue weighted by molar-refractivity contribution is 14.0. The number of nitrogens with one attached hydrogen (secondary N) is 2. The highest BCUT2D eigenvalue weighted by Gasteiger charge is 2.09. The van der Waals surface area contributed by atoms with Gasteiger partial charge in [-0.05, 0) is 50.6 Å². The van der Waals surface area contributed by atoms with Gasteiger partial charge in [0.15, 0.2) is 5.96 Å². The molecule has 166 valence electrons. The van der Waals surface area contributed by atoms with Crippen LogP contribution in [0, 0.1) is 0 Å². The minimum atomic E-state index is -0.651. The molecule has 0 bridgehead atoms. The van der Waals surface area contributed by atoms with E-state index >= 15 is 0 Å². The number of ether oxygens (including phenoxy) is 1. The summed E-state index contributed by atoms with van der Waals surface area (Å²) in [7, 11) is 3.92. The molecule has 8 heteroatoms. The maximum absolute atomic E-state index is 10.5. The first-order chi connectivity index (χ1) is 13.9. The van der Waals surface area contributed by atoms with Gasteiger partial charge in [0.1, 0.15) is 11.6 Å². The first-order valence-electron chi connectivity index (χ1n) is 9.99. The zero-order valence-corrected chi connectivity index (χ0v) is 20.8. The average Bonchev–Trinajstić information content (AvgIpc) is 2.70. The second kappa shape index (κ2) is 13.3. The van der Waals surface area contributed by atoms with Crippen molar-refractivity contribution < 1.29 is 9.84 Å². The summed E-state index contributed by atoms with van der Waals surface area (Å²) in [6.45, 7) is 7.51. The van der Waals surface area contributed by atoms with Crippen LogP contribution in [0.2, 0.25) is 0 Å². The zero-order chi connectivity index (χ0) is 21.2. The highest BCUT2D eigenvalue weighted by Crippen LogP contribution is 2.18. The number of aromatic nitrogens is 1. The number of benzene rings is 1. The van der Waals surface area contributed by atoms with Crippen LogP contribution in [0.4, 0.5) is 5.82 Å². The number of guanidine groups is 1. The summed E-state index contributed by atoms with van der Waals surface area (Å²) < 4.78 is 5.64. The van der Waals surface area contributed by atoms with Crippen molar-refractivity contribution in [3.63, 3.8) is 0 Å². The number of aliphatic hydroxyl groups is 1. The Morgan fingerprint density at radius 3 is 2.43 bits per heavy atom. The maximum Gasteiger partial charge on any atom is 0.191 e. The van der Waals surface area contributed by atoms with E-state index in [1.165, 1.54) is 0 Å². The van der Waals surface area contributed by atoms with Gasteiger partial charge in [-0.3, -0.25) is 0 Å². The molecule has 0 saturated heterocycles. The van der Waals surface area contributed by atoms with Crippen LogP contribution in [0.25, 0.3) is 0 Å². The van der Waals surface area contributed by atoms with Gasteiger partial charge in [0.05, 0.1) is 24.4 Å². The molecule has 0 aliphatic rings. The first-order valence-corrected chi connectivity index (χ1v) is 9.99.